The second kappa shape index (κ2) is 5.37. The summed E-state index contributed by atoms with van der Waals surface area (Å²) in [5.41, 5.74) is 0.300. The monoisotopic (exact) mass is 299 g/mol. The van der Waals surface area contributed by atoms with Gasteiger partial charge in [-0.2, -0.15) is 13.2 Å². The van der Waals surface area contributed by atoms with Crippen molar-refractivity contribution in [3.8, 4) is 11.5 Å². The number of pyridine rings is 1. The molecule has 2 aromatic carbocycles. The molecular formula is C16H9BF3NO. The summed E-state index contributed by atoms with van der Waals surface area (Å²) >= 11 is 0. The first-order chi connectivity index (χ1) is 10.4. The van der Waals surface area contributed by atoms with Crippen LogP contribution in [0.4, 0.5) is 13.2 Å². The van der Waals surface area contributed by atoms with Crippen LogP contribution in [-0.2, 0) is 6.18 Å². The normalized spacial score (nSPS) is 11.6. The number of ether oxygens (including phenoxy) is 1. The van der Waals surface area contributed by atoms with Crippen LogP contribution in [0, 0.1) is 0 Å². The maximum atomic E-state index is 12.7. The summed E-state index contributed by atoms with van der Waals surface area (Å²) in [6.45, 7) is 0. The van der Waals surface area contributed by atoms with Gasteiger partial charge in [-0.05, 0) is 35.7 Å². The lowest BCUT2D eigenvalue weighted by atomic mass is 9.91. The number of hydrogen-bond donors (Lipinski definition) is 0. The first kappa shape index (κ1) is 14.4. The maximum absolute atomic E-state index is 12.7. The molecule has 0 bridgehead atoms. The summed E-state index contributed by atoms with van der Waals surface area (Å²) in [5, 5.41) is 0.763. The van der Waals surface area contributed by atoms with Crippen LogP contribution in [-0.4, -0.2) is 12.8 Å². The minimum Gasteiger partial charge on any atom is -0.457 e. The Labute approximate surface area is 126 Å². The summed E-state index contributed by atoms with van der Waals surface area (Å²) in [7, 11) is 5.91. The number of benzene rings is 2. The first-order valence-electron chi connectivity index (χ1n) is 6.43. The van der Waals surface area contributed by atoms with Gasteiger partial charge in [-0.15, -0.1) is 0 Å². The third-order valence-electron chi connectivity index (χ3n) is 3.12. The molecule has 0 unspecified atom stereocenters. The molecule has 0 atom stereocenters. The highest BCUT2D eigenvalue weighted by Crippen LogP contribution is 2.32. The van der Waals surface area contributed by atoms with E-state index in [1.54, 1.807) is 24.4 Å². The molecule has 0 amide bonds. The van der Waals surface area contributed by atoms with E-state index in [0.717, 1.165) is 17.5 Å². The SMILES string of the molecule is [B]c1cc(Oc2cccc(C(F)(F)F)c2)cc2ncccc12. The molecule has 2 nitrogen and oxygen atoms in total. The predicted octanol–water partition coefficient (Wildman–Crippen LogP) is 3.84. The van der Waals surface area contributed by atoms with E-state index in [9.17, 15) is 13.2 Å². The zero-order chi connectivity index (χ0) is 15.7. The zero-order valence-corrected chi connectivity index (χ0v) is 11.3. The molecule has 0 saturated heterocycles. The van der Waals surface area contributed by atoms with Gasteiger partial charge in [0.15, 0.2) is 0 Å². The lowest BCUT2D eigenvalue weighted by molar-refractivity contribution is -0.137. The number of aromatic nitrogens is 1. The highest BCUT2D eigenvalue weighted by molar-refractivity contribution is 6.38. The molecule has 0 spiro atoms. The average molecular weight is 299 g/mol. The minimum atomic E-state index is -4.41. The third-order valence-corrected chi connectivity index (χ3v) is 3.12. The van der Waals surface area contributed by atoms with Gasteiger partial charge in [0.25, 0.3) is 0 Å². The van der Waals surface area contributed by atoms with Gasteiger partial charge in [-0.3, -0.25) is 4.98 Å². The van der Waals surface area contributed by atoms with E-state index in [1.807, 2.05) is 6.07 Å². The highest BCUT2D eigenvalue weighted by Gasteiger charge is 2.30. The Balaban J connectivity index is 1.97. The molecule has 0 aliphatic rings. The molecule has 3 aromatic rings. The van der Waals surface area contributed by atoms with Crippen molar-refractivity contribution in [2.75, 3.05) is 0 Å². The Bertz CT molecular complexity index is 833. The standard InChI is InChI=1S/C16H9BF3NO/c17-14-8-12(9-15-13(14)5-2-6-21-15)22-11-4-1-3-10(7-11)16(18,19)20/h1-9H. The lowest BCUT2D eigenvalue weighted by Gasteiger charge is -2.11. The molecule has 1 heterocycles. The van der Waals surface area contributed by atoms with Gasteiger partial charge in [0.05, 0.1) is 11.1 Å². The molecule has 1 aromatic heterocycles. The van der Waals surface area contributed by atoms with Crippen molar-refractivity contribution in [3.05, 3.63) is 60.3 Å². The van der Waals surface area contributed by atoms with Crippen molar-refractivity contribution in [1.29, 1.82) is 0 Å². The average Bonchev–Trinajstić information content (AvgIpc) is 2.47. The lowest BCUT2D eigenvalue weighted by Crippen LogP contribution is -2.06. The molecule has 6 heteroatoms. The quantitative estimate of drug-likeness (QED) is 0.671. The van der Waals surface area contributed by atoms with E-state index in [2.05, 4.69) is 4.98 Å². The second-order valence-electron chi connectivity index (χ2n) is 4.71. The van der Waals surface area contributed by atoms with E-state index in [4.69, 9.17) is 12.6 Å². The Morgan fingerprint density at radius 1 is 0.955 bits per heavy atom. The van der Waals surface area contributed by atoms with Crippen molar-refractivity contribution in [2.45, 2.75) is 6.18 Å². The third kappa shape index (κ3) is 2.91. The van der Waals surface area contributed by atoms with Crippen LogP contribution in [0.2, 0.25) is 0 Å². The number of alkyl halides is 3. The molecule has 0 aliphatic carbocycles. The molecule has 0 aliphatic heterocycles. The van der Waals surface area contributed by atoms with Crippen LogP contribution >= 0.6 is 0 Å². The smallest absolute Gasteiger partial charge is 0.416 e. The number of nitrogens with zero attached hydrogens (tertiary/aromatic N) is 1. The Hall–Kier alpha value is -2.50. The van der Waals surface area contributed by atoms with Crippen molar-refractivity contribution < 1.29 is 17.9 Å². The van der Waals surface area contributed by atoms with Crippen LogP contribution < -0.4 is 10.2 Å². The topological polar surface area (TPSA) is 22.1 Å². The van der Waals surface area contributed by atoms with Gasteiger partial charge in [0.1, 0.15) is 19.3 Å². The highest BCUT2D eigenvalue weighted by atomic mass is 19.4. The zero-order valence-electron chi connectivity index (χ0n) is 11.3. The predicted molar refractivity (Wildman–Crippen MR) is 78.6 cm³/mol. The number of hydrogen-bond acceptors (Lipinski definition) is 2. The largest absolute Gasteiger partial charge is 0.457 e. The van der Waals surface area contributed by atoms with Crippen molar-refractivity contribution in [2.24, 2.45) is 0 Å². The van der Waals surface area contributed by atoms with Crippen molar-refractivity contribution in [1.82, 2.24) is 4.98 Å². The van der Waals surface area contributed by atoms with Crippen LogP contribution in [0.3, 0.4) is 0 Å². The second-order valence-corrected chi connectivity index (χ2v) is 4.71. The summed E-state index contributed by atoms with van der Waals surface area (Å²) < 4.78 is 43.6. The molecular weight excluding hydrogens is 290 g/mol. The van der Waals surface area contributed by atoms with E-state index in [-0.39, 0.29) is 5.75 Å². The Morgan fingerprint density at radius 3 is 2.55 bits per heavy atom. The van der Waals surface area contributed by atoms with Crippen molar-refractivity contribution in [3.63, 3.8) is 0 Å². The molecule has 22 heavy (non-hydrogen) atoms. The van der Waals surface area contributed by atoms with Gasteiger partial charge in [-0.25, -0.2) is 0 Å². The maximum Gasteiger partial charge on any atom is 0.416 e. The molecule has 108 valence electrons. The summed E-state index contributed by atoms with van der Waals surface area (Å²) in [5.74, 6) is 0.424. The van der Waals surface area contributed by atoms with Crippen LogP contribution in [0.25, 0.3) is 10.9 Å². The molecule has 3 rings (SSSR count). The molecule has 0 saturated carbocycles. The molecule has 0 fully saturated rings. The van der Waals surface area contributed by atoms with E-state index in [0.29, 0.717) is 16.7 Å². The van der Waals surface area contributed by atoms with Crippen LogP contribution in [0.15, 0.2) is 54.7 Å². The number of halogens is 3. The van der Waals surface area contributed by atoms with Crippen molar-refractivity contribution >= 4 is 24.2 Å². The van der Waals surface area contributed by atoms with Gasteiger partial charge < -0.3 is 4.74 Å². The van der Waals surface area contributed by atoms with E-state index < -0.39 is 11.7 Å². The van der Waals surface area contributed by atoms with Crippen LogP contribution in [0.5, 0.6) is 11.5 Å². The molecule has 2 radical (unpaired) electrons. The van der Waals surface area contributed by atoms with Crippen LogP contribution in [0.1, 0.15) is 5.56 Å². The van der Waals surface area contributed by atoms with E-state index >= 15 is 0 Å². The fourth-order valence-corrected chi connectivity index (χ4v) is 2.11. The fraction of sp³-hybridized carbons (Fsp3) is 0.0625. The van der Waals surface area contributed by atoms with Gasteiger partial charge in [-0.1, -0.05) is 17.6 Å². The van der Waals surface area contributed by atoms with E-state index in [1.165, 1.54) is 12.1 Å². The molecule has 0 N–H and O–H groups in total. The van der Waals surface area contributed by atoms with Gasteiger partial charge in [0.2, 0.25) is 0 Å². The number of rotatable bonds is 2. The summed E-state index contributed by atoms with van der Waals surface area (Å²) in [6.07, 6.45) is -2.81. The van der Waals surface area contributed by atoms with Gasteiger partial charge >= 0.3 is 6.18 Å². The fourth-order valence-electron chi connectivity index (χ4n) is 2.11. The summed E-state index contributed by atoms with van der Waals surface area (Å²) in [6, 6.07) is 11.4. The summed E-state index contributed by atoms with van der Waals surface area (Å²) in [4.78, 5) is 4.16. The Morgan fingerprint density at radius 2 is 1.77 bits per heavy atom. The van der Waals surface area contributed by atoms with Gasteiger partial charge in [0, 0.05) is 12.3 Å². The minimum absolute atomic E-state index is 0.0875. The first-order valence-corrected chi connectivity index (χ1v) is 6.43. The number of fused-ring (bicyclic) bond motifs is 1. The Kier molecular flexibility index (Phi) is 3.52.